The summed E-state index contributed by atoms with van der Waals surface area (Å²) in [4.78, 5) is 38.9. The van der Waals surface area contributed by atoms with E-state index in [1.165, 1.54) is 65.7 Å². The molecule has 0 fully saturated rings. The summed E-state index contributed by atoms with van der Waals surface area (Å²) in [6.07, 6.45) is 0. The Morgan fingerprint density at radius 2 is 1.51 bits per heavy atom. The number of hydrogen-bond donors (Lipinski definition) is 2. The highest BCUT2D eigenvalue weighted by Gasteiger charge is 2.29. The van der Waals surface area contributed by atoms with E-state index in [-0.39, 0.29) is 53.6 Å². The molecule has 1 amide bonds. The van der Waals surface area contributed by atoms with Crippen LogP contribution in [0.2, 0.25) is 0 Å². The number of nitrogens with one attached hydrogen (secondary N) is 2. The molecule has 1 atom stereocenters. The fourth-order valence-electron chi connectivity index (χ4n) is 5.61. The zero-order chi connectivity index (χ0) is 41.3. The van der Waals surface area contributed by atoms with Gasteiger partial charge in [0, 0.05) is 29.8 Å². The van der Waals surface area contributed by atoms with E-state index in [1.54, 1.807) is 37.3 Å². The SMILES string of the molecule is CCOC(=O)C(CNC(=O)c1ccc(OCCOc2c(-c3ccc(OC)c(OC)c3)oc3cc(OC)cc(OC)c3c2=O)cc1)NS(=O)(=O)c1ccc(C)cc1F. The third-order valence-electron chi connectivity index (χ3n) is 8.42. The van der Waals surface area contributed by atoms with Crippen molar-refractivity contribution < 1.29 is 60.0 Å². The summed E-state index contributed by atoms with van der Waals surface area (Å²) in [5.74, 6) is -0.756. The van der Waals surface area contributed by atoms with Crippen molar-refractivity contribution >= 4 is 32.9 Å². The average Bonchev–Trinajstić information content (AvgIpc) is 3.20. The standard InChI is InChI=1S/C40H41FN2O13S/c1-7-53-40(46)29(43-57(47,48)34-15-8-23(2)18-28(34)41)22-42-39(45)24-9-12-26(13-10-24)54-16-17-55-38-36(44)35-32(52-6)20-27(49-3)21-33(35)56-37(38)25-11-14-30(50-4)31(19-25)51-5/h8-15,18-21,29,43H,7,16-17,22H2,1-6H3,(H,42,45). The van der Waals surface area contributed by atoms with Gasteiger partial charge in [0.25, 0.3) is 5.91 Å². The Morgan fingerprint density at radius 1 is 0.807 bits per heavy atom. The van der Waals surface area contributed by atoms with Crippen LogP contribution in [0.15, 0.2) is 86.9 Å². The number of methoxy groups -OCH3 is 4. The number of sulfonamides is 1. The monoisotopic (exact) mass is 808 g/mol. The van der Waals surface area contributed by atoms with Gasteiger partial charge in [-0.15, -0.1) is 0 Å². The van der Waals surface area contributed by atoms with Gasteiger partial charge in [-0.3, -0.25) is 14.4 Å². The van der Waals surface area contributed by atoms with E-state index >= 15 is 0 Å². The number of esters is 1. The first kappa shape index (κ1) is 41.8. The molecule has 302 valence electrons. The van der Waals surface area contributed by atoms with Crippen LogP contribution in [0.25, 0.3) is 22.3 Å². The van der Waals surface area contributed by atoms with E-state index in [9.17, 15) is 27.2 Å². The van der Waals surface area contributed by atoms with Gasteiger partial charge in [-0.2, -0.15) is 4.72 Å². The molecule has 1 unspecified atom stereocenters. The summed E-state index contributed by atoms with van der Waals surface area (Å²) in [6, 6.07) is 16.0. The van der Waals surface area contributed by atoms with Crippen molar-refractivity contribution in [2.45, 2.75) is 24.8 Å². The Labute approximate surface area is 327 Å². The van der Waals surface area contributed by atoms with Gasteiger partial charge in [0.05, 0.1) is 35.0 Å². The van der Waals surface area contributed by atoms with Gasteiger partial charge in [-0.25, -0.2) is 12.8 Å². The van der Waals surface area contributed by atoms with Gasteiger partial charge < -0.3 is 42.9 Å². The Morgan fingerprint density at radius 3 is 2.16 bits per heavy atom. The third-order valence-corrected chi connectivity index (χ3v) is 9.92. The van der Waals surface area contributed by atoms with Crippen LogP contribution in [0, 0.1) is 12.7 Å². The second-order valence-corrected chi connectivity index (χ2v) is 13.8. The molecule has 5 rings (SSSR count). The minimum atomic E-state index is -4.50. The summed E-state index contributed by atoms with van der Waals surface area (Å²) < 4.78 is 87.2. The van der Waals surface area contributed by atoms with Gasteiger partial charge in [0.15, 0.2) is 17.3 Å². The van der Waals surface area contributed by atoms with Crippen molar-refractivity contribution in [3.8, 4) is 45.8 Å². The number of fused-ring (bicyclic) bond motifs is 1. The molecule has 0 aliphatic heterocycles. The Balaban J connectivity index is 1.27. The van der Waals surface area contributed by atoms with Crippen LogP contribution in [0.5, 0.6) is 34.5 Å². The second-order valence-electron chi connectivity index (χ2n) is 12.2. The fourth-order valence-corrected chi connectivity index (χ4v) is 6.86. The molecule has 0 saturated heterocycles. The summed E-state index contributed by atoms with van der Waals surface area (Å²) in [6.45, 7) is 2.44. The Bertz CT molecular complexity index is 2420. The van der Waals surface area contributed by atoms with Crippen molar-refractivity contribution in [2.75, 3.05) is 54.8 Å². The predicted octanol–water partition coefficient (Wildman–Crippen LogP) is 5.04. The van der Waals surface area contributed by atoms with Crippen molar-refractivity contribution in [1.29, 1.82) is 0 Å². The molecular weight excluding hydrogens is 768 g/mol. The van der Waals surface area contributed by atoms with Crippen LogP contribution in [0.4, 0.5) is 4.39 Å². The lowest BCUT2D eigenvalue weighted by atomic mass is 10.1. The largest absolute Gasteiger partial charge is 0.496 e. The number of amides is 1. The Kier molecular flexibility index (Phi) is 13.6. The molecule has 57 heavy (non-hydrogen) atoms. The van der Waals surface area contributed by atoms with Crippen molar-refractivity contribution in [3.63, 3.8) is 0 Å². The number of carbonyl (C=O) groups excluding carboxylic acids is 2. The van der Waals surface area contributed by atoms with Gasteiger partial charge in [0.2, 0.25) is 21.2 Å². The molecule has 0 saturated carbocycles. The maximum atomic E-state index is 14.5. The van der Waals surface area contributed by atoms with Crippen LogP contribution in [-0.2, 0) is 19.6 Å². The normalized spacial score (nSPS) is 11.7. The van der Waals surface area contributed by atoms with Crippen molar-refractivity contribution in [3.05, 3.63) is 100.0 Å². The molecule has 0 spiro atoms. The Hall–Kier alpha value is -6.33. The summed E-state index contributed by atoms with van der Waals surface area (Å²) in [5.41, 5.74) is 0.821. The van der Waals surface area contributed by atoms with Crippen LogP contribution in [0.3, 0.4) is 0 Å². The lowest BCUT2D eigenvalue weighted by molar-refractivity contribution is -0.144. The molecule has 0 aliphatic rings. The van der Waals surface area contributed by atoms with E-state index in [4.69, 9.17) is 37.6 Å². The fraction of sp³-hybridized carbons (Fsp3) is 0.275. The minimum Gasteiger partial charge on any atom is -0.496 e. The van der Waals surface area contributed by atoms with Gasteiger partial charge in [0.1, 0.15) is 58.2 Å². The van der Waals surface area contributed by atoms with Crippen LogP contribution in [0.1, 0.15) is 22.8 Å². The molecule has 5 aromatic rings. The number of hydrogen-bond acceptors (Lipinski definition) is 13. The smallest absolute Gasteiger partial charge is 0.326 e. The summed E-state index contributed by atoms with van der Waals surface area (Å²) in [7, 11) is 1.37. The highest BCUT2D eigenvalue weighted by atomic mass is 32.2. The zero-order valence-corrected chi connectivity index (χ0v) is 32.7. The minimum absolute atomic E-state index is 0.0307. The number of ether oxygens (including phenoxy) is 7. The van der Waals surface area contributed by atoms with Crippen LogP contribution >= 0.6 is 0 Å². The zero-order valence-electron chi connectivity index (χ0n) is 31.9. The number of benzene rings is 4. The summed E-state index contributed by atoms with van der Waals surface area (Å²) in [5, 5.41) is 2.64. The molecule has 1 aromatic heterocycles. The molecule has 0 bridgehead atoms. The molecule has 15 nitrogen and oxygen atoms in total. The van der Waals surface area contributed by atoms with E-state index in [2.05, 4.69) is 10.0 Å². The van der Waals surface area contributed by atoms with E-state index in [1.807, 2.05) is 0 Å². The van der Waals surface area contributed by atoms with Crippen LogP contribution < -0.4 is 43.9 Å². The topological polar surface area (TPSA) is 187 Å². The van der Waals surface area contributed by atoms with Crippen molar-refractivity contribution in [1.82, 2.24) is 10.0 Å². The molecule has 2 N–H and O–H groups in total. The lowest BCUT2D eigenvalue weighted by Gasteiger charge is -2.18. The maximum absolute atomic E-state index is 14.5. The summed E-state index contributed by atoms with van der Waals surface area (Å²) >= 11 is 0. The molecule has 1 heterocycles. The van der Waals surface area contributed by atoms with Crippen LogP contribution in [-0.4, -0.2) is 81.1 Å². The molecular formula is C40H41FN2O13S. The van der Waals surface area contributed by atoms with E-state index in [0.717, 1.165) is 12.1 Å². The van der Waals surface area contributed by atoms with E-state index in [0.29, 0.717) is 34.1 Å². The third kappa shape index (κ3) is 9.74. The van der Waals surface area contributed by atoms with Gasteiger partial charge >= 0.3 is 5.97 Å². The maximum Gasteiger partial charge on any atom is 0.326 e. The predicted molar refractivity (Wildman–Crippen MR) is 206 cm³/mol. The second kappa shape index (κ2) is 18.5. The first-order chi connectivity index (χ1) is 27.3. The first-order valence-electron chi connectivity index (χ1n) is 17.4. The number of rotatable bonds is 18. The molecule has 17 heteroatoms. The highest BCUT2D eigenvalue weighted by Crippen LogP contribution is 2.39. The number of carbonyl (C=O) groups is 2. The molecule has 0 aliphatic carbocycles. The quantitative estimate of drug-likeness (QED) is 0.0887. The first-order valence-corrected chi connectivity index (χ1v) is 18.9. The highest BCUT2D eigenvalue weighted by molar-refractivity contribution is 7.89. The number of halogens is 1. The average molecular weight is 809 g/mol. The molecule has 4 aromatic carbocycles. The number of aryl methyl sites for hydroxylation is 1. The lowest BCUT2D eigenvalue weighted by Crippen LogP contribution is -2.49. The van der Waals surface area contributed by atoms with Crippen molar-refractivity contribution in [2.24, 2.45) is 0 Å². The molecule has 0 radical (unpaired) electrons. The van der Waals surface area contributed by atoms with Gasteiger partial charge in [-0.05, 0) is 74.0 Å². The van der Waals surface area contributed by atoms with E-state index < -0.39 is 50.6 Å². The van der Waals surface area contributed by atoms with Gasteiger partial charge in [-0.1, -0.05) is 6.07 Å².